The van der Waals surface area contributed by atoms with E-state index in [-0.39, 0.29) is 12.1 Å². The number of benzene rings is 1. The number of amides is 1. The Balaban J connectivity index is 1.84. The standard InChI is InChI=1S/C13H18N2O2/c14-11-8-4-5-9-12(11)15-13(16)17-10-6-2-1-3-7-10/h1-3,6-7,11-12H,4-5,8-9,14H2,(H,15,16)/t11-,12-/m1/s1. The van der Waals surface area contributed by atoms with Crippen molar-refractivity contribution in [3.8, 4) is 5.75 Å². The average Bonchev–Trinajstić information content (AvgIpc) is 2.33. The first-order valence-corrected chi connectivity index (χ1v) is 6.04. The van der Waals surface area contributed by atoms with E-state index >= 15 is 0 Å². The molecule has 0 aromatic heterocycles. The van der Waals surface area contributed by atoms with Crippen LogP contribution in [-0.4, -0.2) is 18.2 Å². The molecule has 0 radical (unpaired) electrons. The number of hydrogen-bond acceptors (Lipinski definition) is 3. The van der Waals surface area contributed by atoms with E-state index in [2.05, 4.69) is 5.32 Å². The lowest BCUT2D eigenvalue weighted by Crippen LogP contribution is -2.50. The van der Waals surface area contributed by atoms with Gasteiger partial charge in [-0.1, -0.05) is 31.0 Å². The van der Waals surface area contributed by atoms with Gasteiger partial charge in [0.2, 0.25) is 0 Å². The molecular weight excluding hydrogens is 216 g/mol. The summed E-state index contributed by atoms with van der Waals surface area (Å²) in [4.78, 5) is 11.6. The summed E-state index contributed by atoms with van der Waals surface area (Å²) >= 11 is 0. The molecule has 92 valence electrons. The highest BCUT2D eigenvalue weighted by atomic mass is 16.6. The van der Waals surface area contributed by atoms with Crippen LogP contribution in [0.2, 0.25) is 0 Å². The second-order valence-electron chi connectivity index (χ2n) is 4.40. The molecule has 0 bridgehead atoms. The highest BCUT2D eigenvalue weighted by Gasteiger charge is 2.23. The van der Waals surface area contributed by atoms with Crippen LogP contribution in [0.4, 0.5) is 4.79 Å². The fraction of sp³-hybridized carbons (Fsp3) is 0.462. The van der Waals surface area contributed by atoms with E-state index in [1.807, 2.05) is 18.2 Å². The molecule has 1 aromatic rings. The lowest BCUT2D eigenvalue weighted by molar-refractivity contribution is 0.189. The molecule has 2 rings (SSSR count). The highest BCUT2D eigenvalue weighted by molar-refractivity contribution is 5.70. The van der Waals surface area contributed by atoms with Crippen LogP contribution >= 0.6 is 0 Å². The number of ether oxygens (including phenoxy) is 1. The zero-order chi connectivity index (χ0) is 12.1. The van der Waals surface area contributed by atoms with Gasteiger partial charge in [0.05, 0.1) is 0 Å². The summed E-state index contributed by atoms with van der Waals surface area (Å²) in [5.41, 5.74) is 5.95. The zero-order valence-electron chi connectivity index (χ0n) is 9.76. The Labute approximate surface area is 101 Å². The zero-order valence-corrected chi connectivity index (χ0v) is 9.76. The van der Waals surface area contributed by atoms with E-state index in [9.17, 15) is 4.79 Å². The second-order valence-corrected chi connectivity index (χ2v) is 4.40. The Morgan fingerprint density at radius 2 is 1.94 bits per heavy atom. The van der Waals surface area contributed by atoms with Crippen LogP contribution in [0.25, 0.3) is 0 Å². The van der Waals surface area contributed by atoms with E-state index < -0.39 is 6.09 Å². The SMILES string of the molecule is N[C@@H]1CCCC[C@H]1NC(=O)Oc1ccccc1. The summed E-state index contributed by atoms with van der Waals surface area (Å²) < 4.78 is 5.16. The van der Waals surface area contributed by atoms with Gasteiger partial charge in [0, 0.05) is 12.1 Å². The molecule has 0 aliphatic heterocycles. The molecule has 0 heterocycles. The van der Waals surface area contributed by atoms with Crippen molar-refractivity contribution in [3.63, 3.8) is 0 Å². The molecule has 1 saturated carbocycles. The molecule has 4 heteroatoms. The van der Waals surface area contributed by atoms with Gasteiger partial charge in [-0.25, -0.2) is 4.79 Å². The maximum Gasteiger partial charge on any atom is 0.412 e. The first-order chi connectivity index (χ1) is 8.25. The Bertz CT molecular complexity index is 367. The number of carbonyl (C=O) groups excluding carboxylic acids is 1. The van der Waals surface area contributed by atoms with Crippen molar-refractivity contribution in [1.29, 1.82) is 0 Å². The average molecular weight is 234 g/mol. The van der Waals surface area contributed by atoms with E-state index in [1.54, 1.807) is 12.1 Å². The van der Waals surface area contributed by atoms with Gasteiger partial charge in [-0.2, -0.15) is 0 Å². The van der Waals surface area contributed by atoms with Crippen molar-refractivity contribution in [3.05, 3.63) is 30.3 Å². The summed E-state index contributed by atoms with van der Waals surface area (Å²) in [6, 6.07) is 9.12. The highest BCUT2D eigenvalue weighted by Crippen LogP contribution is 2.17. The lowest BCUT2D eigenvalue weighted by atomic mass is 9.91. The summed E-state index contributed by atoms with van der Waals surface area (Å²) in [5, 5.41) is 2.83. The van der Waals surface area contributed by atoms with Crippen molar-refractivity contribution in [2.75, 3.05) is 0 Å². The molecule has 0 spiro atoms. The van der Waals surface area contributed by atoms with Crippen LogP contribution in [0.5, 0.6) is 5.75 Å². The summed E-state index contributed by atoms with van der Waals surface area (Å²) in [7, 11) is 0. The summed E-state index contributed by atoms with van der Waals surface area (Å²) in [6.45, 7) is 0. The van der Waals surface area contributed by atoms with Crippen LogP contribution in [-0.2, 0) is 0 Å². The number of carbonyl (C=O) groups is 1. The largest absolute Gasteiger partial charge is 0.412 e. The Morgan fingerprint density at radius 1 is 1.24 bits per heavy atom. The minimum absolute atomic E-state index is 0.0416. The normalized spacial score (nSPS) is 24.1. The minimum Gasteiger partial charge on any atom is -0.410 e. The number of nitrogens with two attached hydrogens (primary N) is 1. The summed E-state index contributed by atoms with van der Waals surface area (Å²) in [5.74, 6) is 0.550. The maximum absolute atomic E-state index is 11.6. The molecule has 2 atom stereocenters. The van der Waals surface area contributed by atoms with Gasteiger partial charge in [0.1, 0.15) is 5.75 Å². The van der Waals surface area contributed by atoms with Gasteiger partial charge >= 0.3 is 6.09 Å². The first-order valence-electron chi connectivity index (χ1n) is 6.04. The quantitative estimate of drug-likeness (QED) is 0.823. The predicted molar refractivity (Wildman–Crippen MR) is 65.8 cm³/mol. The molecule has 1 aliphatic carbocycles. The fourth-order valence-electron chi connectivity index (χ4n) is 2.12. The Hall–Kier alpha value is -1.55. The summed E-state index contributed by atoms with van der Waals surface area (Å²) in [6.07, 6.45) is 3.75. The monoisotopic (exact) mass is 234 g/mol. The molecule has 4 nitrogen and oxygen atoms in total. The van der Waals surface area contributed by atoms with Gasteiger partial charge in [-0.3, -0.25) is 0 Å². The van der Waals surface area contributed by atoms with Gasteiger partial charge in [-0.15, -0.1) is 0 Å². The third-order valence-corrected chi connectivity index (χ3v) is 3.08. The van der Waals surface area contributed by atoms with E-state index in [0.717, 1.165) is 25.7 Å². The van der Waals surface area contributed by atoms with Crippen LogP contribution in [0.3, 0.4) is 0 Å². The minimum atomic E-state index is -0.418. The molecule has 1 aromatic carbocycles. The van der Waals surface area contributed by atoms with Crippen molar-refractivity contribution in [2.24, 2.45) is 5.73 Å². The molecule has 0 saturated heterocycles. The predicted octanol–water partition coefficient (Wildman–Crippen LogP) is 2.04. The second kappa shape index (κ2) is 5.68. The van der Waals surface area contributed by atoms with Crippen molar-refractivity contribution in [1.82, 2.24) is 5.32 Å². The Morgan fingerprint density at radius 3 is 2.65 bits per heavy atom. The van der Waals surface area contributed by atoms with Gasteiger partial charge in [-0.05, 0) is 25.0 Å². The molecule has 17 heavy (non-hydrogen) atoms. The van der Waals surface area contributed by atoms with Gasteiger partial charge in [0.25, 0.3) is 0 Å². The van der Waals surface area contributed by atoms with Gasteiger partial charge in [0.15, 0.2) is 0 Å². The smallest absolute Gasteiger partial charge is 0.410 e. The molecule has 0 unspecified atom stereocenters. The van der Waals surface area contributed by atoms with Crippen molar-refractivity contribution < 1.29 is 9.53 Å². The third-order valence-electron chi connectivity index (χ3n) is 3.08. The van der Waals surface area contributed by atoms with Crippen molar-refractivity contribution >= 4 is 6.09 Å². The van der Waals surface area contributed by atoms with E-state index in [4.69, 9.17) is 10.5 Å². The number of hydrogen-bond donors (Lipinski definition) is 2. The molecule has 1 aliphatic rings. The number of nitrogens with one attached hydrogen (secondary N) is 1. The molecule has 3 N–H and O–H groups in total. The number of para-hydroxylation sites is 1. The third kappa shape index (κ3) is 3.46. The Kier molecular flexibility index (Phi) is 3.98. The number of rotatable bonds is 2. The first kappa shape index (κ1) is 11.9. The molecule has 1 amide bonds. The van der Waals surface area contributed by atoms with Crippen LogP contribution in [0.15, 0.2) is 30.3 Å². The topological polar surface area (TPSA) is 64.3 Å². The van der Waals surface area contributed by atoms with Crippen LogP contribution in [0.1, 0.15) is 25.7 Å². The molecular formula is C13H18N2O2. The van der Waals surface area contributed by atoms with E-state index in [0.29, 0.717) is 5.75 Å². The van der Waals surface area contributed by atoms with Crippen molar-refractivity contribution in [2.45, 2.75) is 37.8 Å². The maximum atomic E-state index is 11.6. The van der Waals surface area contributed by atoms with Gasteiger partial charge < -0.3 is 15.8 Å². The lowest BCUT2D eigenvalue weighted by Gasteiger charge is -2.28. The fourth-order valence-corrected chi connectivity index (χ4v) is 2.12. The molecule has 1 fully saturated rings. The van der Waals surface area contributed by atoms with Crippen LogP contribution in [0, 0.1) is 0 Å². The van der Waals surface area contributed by atoms with Crippen LogP contribution < -0.4 is 15.8 Å². The van der Waals surface area contributed by atoms with E-state index in [1.165, 1.54) is 0 Å².